The molecular formula is C14H25N3O2. The van der Waals surface area contributed by atoms with Crippen molar-refractivity contribution in [1.29, 1.82) is 0 Å². The van der Waals surface area contributed by atoms with Crippen LogP contribution in [0.25, 0.3) is 0 Å². The number of hydrogen-bond donors (Lipinski definition) is 2. The Bertz CT molecular complexity index is 359. The van der Waals surface area contributed by atoms with Crippen molar-refractivity contribution in [1.82, 2.24) is 10.2 Å². The van der Waals surface area contributed by atoms with Crippen LogP contribution in [0.15, 0.2) is 0 Å². The van der Waals surface area contributed by atoms with E-state index in [0.717, 1.165) is 25.7 Å². The lowest BCUT2D eigenvalue weighted by atomic mass is 9.73. The van der Waals surface area contributed by atoms with Gasteiger partial charge in [0.25, 0.3) is 0 Å². The largest absolute Gasteiger partial charge is 0.348 e. The van der Waals surface area contributed by atoms with Gasteiger partial charge in [0.05, 0.1) is 12.1 Å². The van der Waals surface area contributed by atoms with Gasteiger partial charge in [0, 0.05) is 19.5 Å². The quantitative estimate of drug-likeness (QED) is 0.784. The van der Waals surface area contributed by atoms with Crippen LogP contribution in [-0.4, -0.2) is 41.9 Å². The lowest BCUT2D eigenvalue weighted by Gasteiger charge is -2.42. The maximum atomic E-state index is 12.2. The molecule has 3 N–H and O–H groups in total. The number of amides is 2. The Labute approximate surface area is 114 Å². The minimum absolute atomic E-state index is 0.0607. The fourth-order valence-corrected chi connectivity index (χ4v) is 3.32. The van der Waals surface area contributed by atoms with Gasteiger partial charge in [-0.3, -0.25) is 9.59 Å². The molecule has 1 aliphatic carbocycles. The monoisotopic (exact) mass is 267 g/mol. The van der Waals surface area contributed by atoms with Gasteiger partial charge in [-0.1, -0.05) is 19.8 Å². The first-order valence-corrected chi connectivity index (χ1v) is 7.36. The van der Waals surface area contributed by atoms with Crippen molar-refractivity contribution in [3.8, 4) is 0 Å². The van der Waals surface area contributed by atoms with Crippen molar-refractivity contribution < 1.29 is 9.59 Å². The van der Waals surface area contributed by atoms with Crippen LogP contribution in [0, 0.1) is 5.92 Å². The molecule has 19 heavy (non-hydrogen) atoms. The van der Waals surface area contributed by atoms with Crippen LogP contribution in [0.2, 0.25) is 0 Å². The highest BCUT2D eigenvalue weighted by Gasteiger charge is 2.38. The summed E-state index contributed by atoms with van der Waals surface area (Å²) < 4.78 is 0. The number of carbonyl (C=O) groups is 2. The van der Waals surface area contributed by atoms with E-state index in [1.165, 1.54) is 6.42 Å². The van der Waals surface area contributed by atoms with E-state index in [4.69, 9.17) is 5.73 Å². The highest BCUT2D eigenvalue weighted by Crippen LogP contribution is 2.32. The summed E-state index contributed by atoms with van der Waals surface area (Å²) in [5.41, 5.74) is 5.65. The normalized spacial score (nSPS) is 31.6. The van der Waals surface area contributed by atoms with Gasteiger partial charge in [-0.05, 0) is 25.2 Å². The Hall–Kier alpha value is -1.10. The number of nitrogens with zero attached hydrogens (tertiary/aromatic N) is 1. The first-order chi connectivity index (χ1) is 9.07. The number of carbonyl (C=O) groups excluding carboxylic acids is 2. The predicted molar refractivity (Wildman–Crippen MR) is 73.4 cm³/mol. The zero-order valence-corrected chi connectivity index (χ0v) is 11.8. The number of hydrogen-bond acceptors (Lipinski definition) is 3. The molecule has 2 rings (SSSR count). The van der Waals surface area contributed by atoms with Gasteiger partial charge in [0.2, 0.25) is 11.8 Å². The molecule has 0 spiro atoms. The Balaban J connectivity index is 1.94. The van der Waals surface area contributed by atoms with Gasteiger partial charge >= 0.3 is 0 Å². The van der Waals surface area contributed by atoms with E-state index < -0.39 is 0 Å². The maximum absolute atomic E-state index is 12.2. The summed E-state index contributed by atoms with van der Waals surface area (Å²) in [5, 5.41) is 3.12. The van der Waals surface area contributed by atoms with Gasteiger partial charge in [0.15, 0.2) is 0 Å². The van der Waals surface area contributed by atoms with Crippen molar-refractivity contribution in [3.63, 3.8) is 0 Å². The van der Waals surface area contributed by atoms with Gasteiger partial charge in [-0.25, -0.2) is 0 Å². The highest BCUT2D eigenvalue weighted by molar-refractivity contribution is 5.86. The molecule has 2 amide bonds. The van der Waals surface area contributed by atoms with Gasteiger partial charge in [-0.2, -0.15) is 0 Å². The zero-order valence-electron chi connectivity index (χ0n) is 11.8. The van der Waals surface area contributed by atoms with Crippen molar-refractivity contribution in [2.45, 2.75) is 51.0 Å². The summed E-state index contributed by atoms with van der Waals surface area (Å²) in [7, 11) is 0. The van der Waals surface area contributed by atoms with Gasteiger partial charge < -0.3 is 16.0 Å². The van der Waals surface area contributed by atoms with Crippen LogP contribution in [0.3, 0.4) is 0 Å². The molecule has 1 aliphatic heterocycles. The number of nitrogens with two attached hydrogens (primary N) is 1. The van der Waals surface area contributed by atoms with E-state index in [2.05, 4.69) is 12.2 Å². The number of rotatable bonds is 4. The standard InChI is InChI=1S/C14H25N3O2/c1-11-5-2-3-7-14(11,10-15)16-12(18)9-17-8-4-6-13(17)19/h11H,2-10,15H2,1H3,(H,16,18). The molecule has 108 valence electrons. The summed E-state index contributed by atoms with van der Waals surface area (Å²) >= 11 is 0. The van der Waals surface area contributed by atoms with E-state index in [9.17, 15) is 9.59 Å². The van der Waals surface area contributed by atoms with Crippen molar-refractivity contribution in [2.75, 3.05) is 19.6 Å². The van der Waals surface area contributed by atoms with Crippen molar-refractivity contribution >= 4 is 11.8 Å². The third-order valence-corrected chi connectivity index (χ3v) is 4.71. The summed E-state index contributed by atoms with van der Waals surface area (Å²) in [6.07, 6.45) is 5.83. The summed E-state index contributed by atoms with van der Waals surface area (Å²) in [5.74, 6) is 0.438. The van der Waals surface area contributed by atoms with Crippen LogP contribution in [-0.2, 0) is 9.59 Å². The Morgan fingerprint density at radius 2 is 2.26 bits per heavy atom. The fourth-order valence-electron chi connectivity index (χ4n) is 3.32. The summed E-state index contributed by atoms with van der Waals surface area (Å²) in [4.78, 5) is 25.3. The lowest BCUT2D eigenvalue weighted by Crippen LogP contribution is -2.60. The Morgan fingerprint density at radius 1 is 1.47 bits per heavy atom. The lowest BCUT2D eigenvalue weighted by molar-refractivity contribution is -0.134. The molecule has 5 nitrogen and oxygen atoms in total. The van der Waals surface area contributed by atoms with E-state index >= 15 is 0 Å². The van der Waals surface area contributed by atoms with Crippen LogP contribution >= 0.6 is 0 Å². The molecule has 0 bridgehead atoms. The topological polar surface area (TPSA) is 75.4 Å². The van der Waals surface area contributed by atoms with Crippen LogP contribution < -0.4 is 11.1 Å². The van der Waals surface area contributed by atoms with E-state index in [0.29, 0.717) is 25.4 Å². The molecule has 0 aromatic heterocycles. The average molecular weight is 267 g/mol. The van der Waals surface area contributed by atoms with Gasteiger partial charge in [0.1, 0.15) is 0 Å². The molecule has 5 heteroatoms. The first-order valence-electron chi connectivity index (χ1n) is 7.36. The second-order valence-electron chi connectivity index (χ2n) is 5.97. The minimum atomic E-state index is -0.266. The average Bonchev–Trinajstić information content (AvgIpc) is 2.78. The number of nitrogens with one attached hydrogen (secondary N) is 1. The molecule has 2 atom stereocenters. The zero-order chi connectivity index (χ0) is 13.9. The first kappa shape index (κ1) is 14.3. The molecule has 1 heterocycles. The van der Waals surface area contributed by atoms with Gasteiger partial charge in [-0.15, -0.1) is 0 Å². The molecule has 0 radical (unpaired) electrons. The van der Waals surface area contributed by atoms with Crippen LogP contribution in [0.4, 0.5) is 0 Å². The second kappa shape index (κ2) is 5.90. The molecule has 0 aromatic rings. The van der Waals surface area contributed by atoms with E-state index in [-0.39, 0.29) is 23.9 Å². The van der Waals surface area contributed by atoms with E-state index in [1.54, 1.807) is 4.90 Å². The SMILES string of the molecule is CC1CCCCC1(CN)NC(=O)CN1CCCC1=O. The molecule has 2 fully saturated rings. The molecule has 1 saturated carbocycles. The highest BCUT2D eigenvalue weighted by atomic mass is 16.2. The third-order valence-electron chi connectivity index (χ3n) is 4.71. The molecule has 0 aromatic carbocycles. The smallest absolute Gasteiger partial charge is 0.240 e. The number of likely N-dealkylation sites (tertiary alicyclic amines) is 1. The molecule has 2 unspecified atom stereocenters. The maximum Gasteiger partial charge on any atom is 0.240 e. The Morgan fingerprint density at radius 3 is 2.84 bits per heavy atom. The second-order valence-corrected chi connectivity index (χ2v) is 5.97. The summed E-state index contributed by atoms with van der Waals surface area (Å²) in [6, 6.07) is 0. The van der Waals surface area contributed by atoms with Crippen molar-refractivity contribution in [2.24, 2.45) is 11.7 Å². The van der Waals surface area contributed by atoms with Crippen molar-refractivity contribution in [3.05, 3.63) is 0 Å². The molecule has 2 aliphatic rings. The van der Waals surface area contributed by atoms with Crippen LogP contribution in [0.1, 0.15) is 45.4 Å². The molecule has 1 saturated heterocycles. The Kier molecular flexibility index (Phi) is 4.45. The summed E-state index contributed by atoms with van der Waals surface area (Å²) in [6.45, 7) is 3.53. The fraction of sp³-hybridized carbons (Fsp3) is 0.857. The minimum Gasteiger partial charge on any atom is -0.348 e. The third kappa shape index (κ3) is 3.08. The molecular weight excluding hydrogens is 242 g/mol. The predicted octanol–water partition coefficient (Wildman–Crippen LogP) is 0.633. The van der Waals surface area contributed by atoms with Crippen LogP contribution in [0.5, 0.6) is 0 Å². The van der Waals surface area contributed by atoms with E-state index in [1.807, 2.05) is 0 Å².